The summed E-state index contributed by atoms with van der Waals surface area (Å²) in [6, 6.07) is 3.71. The molecule has 5 heterocycles. The number of aromatic nitrogens is 3. The minimum Gasteiger partial charge on any atom is -0.380 e. The van der Waals surface area contributed by atoms with E-state index in [9.17, 15) is 14.4 Å². The Balaban J connectivity index is 1.41. The highest BCUT2D eigenvalue weighted by Gasteiger charge is 2.29. The number of carbonyl (C=O) groups excluding carboxylic acids is 3. The summed E-state index contributed by atoms with van der Waals surface area (Å²) in [5.74, 6) is -0.423. The van der Waals surface area contributed by atoms with Gasteiger partial charge in [-0.25, -0.2) is 9.97 Å². The summed E-state index contributed by atoms with van der Waals surface area (Å²) < 4.78 is 7.08. The van der Waals surface area contributed by atoms with Gasteiger partial charge in [0.15, 0.2) is 0 Å². The van der Waals surface area contributed by atoms with Crippen molar-refractivity contribution in [3.8, 4) is 0 Å². The van der Waals surface area contributed by atoms with Crippen LogP contribution in [0, 0.1) is 0 Å². The van der Waals surface area contributed by atoms with Gasteiger partial charge in [-0.1, -0.05) is 11.6 Å². The average Bonchev–Trinajstić information content (AvgIpc) is 3.38. The van der Waals surface area contributed by atoms with Crippen LogP contribution in [0.3, 0.4) is 0 Å². The highest BCUT2D eigenvalue weighted by Crippen LogP contribution is 2.29. The number of hydrogen-bond acceptors (Lipinski definition) is 8. The maximum Gasteiger partial charge on any atom is 0.287 e. The Hall–Kier alpha value is -3.06. The summed E-state index contributed by atoms with van der Waals surface area (Å²) >= 11 is 7.18. The molecule has 0 aromatic carbocycles. The van der Waals surface area contributed by atoms with Gasteiger partial charge in [-0.05, 0) is 45.2 Å². The third-order valence-corrected chi connectivity index (χ3v) is 8.48. The van der Waals surface area contributed by atoms with Gasteiger partial charge >= 0.3 is 0 Å². The van der Waals surface area contributed by atoms with Crippen LogP contribution in [0.2, 0.25) is 5.02 Å². The maximum atomic E-state index is 13.5. The zero-order chi connectivity index (χ0) is 28.2. The molecule has 214 valence electrons. The summed E-state index contributed by atoms with van der Waals surface area (Å²) in [6.45, 7) is 8.18. The first kappa shape index (κ1) is 28.5. The number of pyridine rings is 1. The number of likely N-dealkylation sites (tertiary alicyclic amines) is 1. The fourth-order valence-corrected chi connectivity index (χ4v) is 6.16. The fraction of sp³-hybridized carbons (Fsp3) is 0.519. The number of thiophene rings is 1. The standard InChI is InChI=1S/C27H34ClN7O4S/c1-17(2)33-9-6-19(7-10-33)30-26(37)25-32-23-20(16-40-24(23)27(38)34-8-3-12-39-13-11-34)35(25)15-22(36)31-21-5-4-18(28)14-29-21/h4-5,14,16-17,19H,3,6-13,15H2,1-2H3,(H,30,37)(H,29,31,36). The molecular formula is C27H34ClN7O4S. The molecule has 2 aliphatic heterocycles. The molecule has 3 aromatic rings. The summed E-state index contributed by atoms with van der Waals surface area (Å²) in [4.78, 5) is 53.4. The minimum atomic E-state index is -0.378. The van der Waals surface area contributed by atoms with Gasteiger partial charge in [-0.2, -0.15) is 0 Å². The smallest absolute Gasteiger partial charge is 0.287 e. The molecule has 0 atom stereocenters. The number of rotatable bonds is 7. The van der Waals surface area contributed by atoms with Gasteiger partial charge < -0.3 is 29.7 Å². The quantitative estimate of drug-likeness (QED) is 0.435. The Morgan fingerprint density at radius 2 is 1.95 bits per heavy atom. The molecule has 2 N–H and O–H groups in total. The third kappa shape index (κ3) is 6.46. The van der Waals surface area contributed by atoms with E-state index in [2.05, 4.69) is 39.3 Å². The topological polar surface area (TPSA) is 122 Å². The van der Waals surface area contributed by atoms with Gasteiger partial charge in [-0.15, -0.1) is 11.3 Å². The first-order chi connectivity index (χ1) is 19.3. The monoisotopic (exact) mass is 587 g/mol. The second-order valence-corrected chi connectivity index (χ2v) is 11.7. The molecule has 3 aromatic heterocycles. The van der Waals surface area contributed by atoms with E-state index in [0.29, 0.717) is 59.1 Å². The molecule has 40 heavy (non-hydrogen) atoms. The van der Waals surface area contributed by atoms with Gasteiger partial charge in [0.25, 0.3) is 11.8 Å². The van der Waals surface area contributed by atoms with E-state index < -0.39 is 0 Å². The second-order valence-electron chi connectivity index (χ2n) is 10.4. The van der Waals surface area contributed by atoms with E-state index in [1.807, 2.05) is 0 Å². The van der Waals surface area contributed by atoms with Crippen LogP contribution in [-0.4, -0.2) is 93.5 Å². The molecule has 2 fully saturated rings. The third-order valence-electron chi connectivity index (χ3n) is 7.31. The van der Waals surface area contributed by atoms with Gasteiger partial charge in [0.2, 0.25) is 11.7 Å². The molecule has 0 bridgehead atoms. The lowest BCUT2D eigenvalue weighted by Crippen LogP contribution is -2.47. The Labute approximate surface area is 241 Å². The number of fused-ring (bicyclic) bond motifs is 1. The molecule has 13 heteroatoms. The number of carbonyl (C=O) groups is 3. The number of ether oxygens (including phenoxy) is 1. The number of piperidine rings is 1. The highest BCUT2D eigenvalue weighted by atomic mass is 35.5. The van der Waals surface area contributed by atoms with Crippen molar-refractivity contribution in [2.45, 2.75) is 51.7 Å². The van der Waals surface area contributed by atoms with Gasteiger partial charge in [-0.3, -0.25) is 14.4 Å². The van der Waals surface area contributed by atoms with Crippen molar-refractivity contribution < 1.29 is 19.1 Å². The number of nitrogens with zero attached hydrogens (tertiary/aromatic N) is 5. The first-order valence-corrected chi connectivity index (χ1v) is 14.9. The van der Waals surface area contributed by atoms with Crippen molar-refractivity contribution in [2.75, 3.05) is 44.7 Å². The van der Waals surface area contributed by atoms with Crippen molar-refractivity contribution in [2.24, 2.45) is 0 Å². The van der Waals surface area contributed by atoms with Crippen LogP contribution in [0.1, 0.15) is 53.4 Å². The van der Waals surface area contributed by atoms with Crippen molar-refractivity contribution in [1.29, 1.82) is 0 Å². The number of anilines is 1. The number of halogens is 1. The average molecular weight is 588 g/mol. The molecule has 2 saturated heterocycles. The zero-order valence-electron chi connectivity index (χ0n) is 22.7. The molecular weight excluding hydrogens is 554 g/mol. The summed E-state index contributed by atoms with van der Waals surface area (Å²) in [5.41, 5.74) is 0.996. The molecule has 0 saturated carbocycles. The van der Waals surface area contributed by atoms with Gasteiger partial charge in [0, 0.05) is 56.4 Å². The molecule has 3 amide bonds. The van der Waals surface area contributed by atoms with Crippen molar-refractivity contribution in [3.63, 3.8) is 0 Å². The molecule has 0 aliphatic carbocycles. The van der Waals surface area contributed by atoms with Crippen molar-refractivity contribution >= 4 is 57.5 Å². The second kappa shape index (κ2) is 12.6. The predicted octanol–water partition coefficient (Wildman–Crippen LogP) is 3.25. The van der Waals surface area contributed by atoms with E-state index in [1.54, 1.807) is 27.0 Å². The van der Waals surface area contributed by atoms with Crippen molar-refractivity contribution in [1.82, 2.24) is 29.7 Å². The Morgan fingerprint density at radius 3 is 2.67 bits per heavy atom. The van der Waals surface area contributed by atoms with Crippen LogP contribution in [-0.2, 0) is 16.1 Å². The maximum absolute atomic E-state index is 13.5. The lowest BCUT2D eigenvalue weighted by molar-refractivity contribution is -0.116. The van der Waals surface area contributed by atoms with Crippen LogP contribution >= 0.6 is 22.9 Å². The van der Waals surface area contributed by atoms with Crippen LogP contribution in [0.25, 0.3) is 11.0 Å². The van der Waals surface area contributed by atoms with E-state index in [4.69, 9.17) is 16.3 Å². The van der Waals surface area contributed by atoms with Crippen LogP contribution in [0.4, 0.5) is 5.82 Å². The normalized spacial score (nSPS) is 17.2. The van der Waals surface area contributed by atoms with Crippen LogP contribution in [0.5, 0.6) is 0 Å². The summed E-state index contributed by atoms with van der Waals surface area (Å²) in [6.07, 6.45) is 3.88. The van der Waals surface area contributed by atoms with Crippen molar-refractivity contribution in [3.05, 3.63) is 39.4 Å². The minimum absolute atomic E-state index is 0.00937. The largest absolute Gasteiger partial charge is 0.380 e. The zero-order valence-corrected chi connectivity index (χ0v) is 24.3. The molecule has 5 rings (SSSR count). The number of imidazole rings is 1. The molecule has 11 nitrogen and oxygen atoms in total. The Morgan fingerprint density at radius 1 is 1.15 bits per heavy atom. The van der Waals surface area contributed by atoms with E-state index in [0.717, 1.165) is 32.4 Å². The lowest BCUT2D eigenvalue weighted by atomic mass is 10.0. The number of nitrogens with one attached hydrogen (secondary N) is 2. The molecule has 0 spiro atoms. The van der Waals surface area contributed by atoms with E-state index in [1.165, 1.54) is 17.5 Å². The summed E-state index contributed by atoms with van der Waals surface area (Å²) in [5, 5.41) is 8.11. The molecule has 2 aliphatic rings. The Bertz CT molecular complexity index is 1360. The van der Waals surface area contributed by atoms with E-state index in [-0.39, 0.29) is 36.1 Å². The predicted molar refractivity (Wildman–Crippen MR) is 154 cm³/mol. The lowest BCUT2D eigenvalue weighted by Gasteiger charge is -2.34. The molecule has 0 unspecified atom stereocenters. The fourth-order valence-electron chi connectivity index (χ4n) is 5.09. The SMILES string of the molecule is CC(C)N1CCC(NC(=O)c2nc3c(C(=O)N4CCCOCC4)scc3n2CC(=O)Nc2ccc(Cl)cn2)CC1. The number of hydrogen-bond donors (Lipinski definition) is 2. The molecule has 0 radical (unpaired) electrons. The van der Waals surface area contributed by atoms with Crippen LogP contribution in [0.15, 0.2) is 23.7 Å². The van der Waals surface area contributed by atoms with Gasteiger partial charge in [0.1, 0.15) is 22.8 Å². The summed E-state index contributed by atoms with van der Waals surface area (Å²) in [7, 11) is 0. The Kier molecular flexibility index (Phi) is 8.99. The van der Waals surface area contributed by atoms with E-state index >= 15 is 0 Å². The number of amides is 3. The highest BCUT2D eigenvalue weighted by molar-refractivity contribution is 7.13. The van der Waals surface area contributed by atoms with Gasteiger partial charge in [0.05, 0.1) is 17.1 Å². The first-order valence-electron chi connectivity index (χ1n) is 13.6. The van der Waals surface area contributed by atoms with Crippen LogP contribution < -0.4 is 10.6 Å².